The lowest BCUT2D eigenvalue weighted by molar-refractivity contribution is 0.339. The molecule has 0 aromatic heterocycles. The van der Waals surface area contributed by atoms with Crippen LogP contribution >= 0.6 is 11.6 Å². The lowest BCUT2D eigenvalue weighted by Gasteiger charge is -2.22. The Balaban J connectivity index is 3.87. The number of alkyl halides is 1. The molecule has 0 aliphatic carbocycles. The summed E-state index contributed by atoms with van der Waals surface area (Å²) in [5.41, 5.74) is 0. The predicted octanol–water partition coefficient (Wildman–Crippen LogP) is 4.32. The van der Waals surface area contributed by atoms with Gasteiger partial charge < -0.3 is 0 Å². The molecule has 0 bridgehead atoms. The van der Waals surface area contributed by atoms with Crippen molar-refractivity contribution in [3.8, 4) is 0 Å². The van der Waals surface area contributed by atoms with Crippen molar-refractivity contribution in [1.29, 1.82) is 0 Å². The van der Waals surface area contributed by atoms with Crippen LogP contribution in [0.15, 0.2) is 0 Å². The van der Waals surface area contributed by atoms with Crippen molar-refractivity contribution in [2.24, 2.45) is 17.8 Å². The molecular weight excluding hydrogens is 168 g/mol. The fourth-order valence-electron chi connectivity index (χ4n) is 1.68. The van der Waals surface area contributed by atoms with E-state index >= 15 is 0 Å². The third-order valence-corrected chi connectivity index (χ3v) is 2.55. The molecule has 12 heavy (non-hydrogen) atoms. The summed E-state index contributed by atoms with van der Waals surface area (Å²) in [6.45, 7) is 11.2. The van der Waals surface area contributed by atoms with E-state index in [4.69, 9.17) is 11.6 Å². The Morgan fingerprint density at radius 3 is 1.33 bits per heavy atom. The Kier molecular flexibility index (Phi) is 6.00. The highest BCUT2D eigenvalue weighted by Gasteiger charge is 2.17. The zero-order valence-electron chi connectivity index (χ0n) is 9.10. The van der Waals surface area contributed by atoms with Gasteiger partial charge in [-0.05, 0) is 37.5 Å². The zero-order valence-corrected chi connectivity index (χ0v) is 9.86. The van der Waals surface area contributed by atoms with Crippen LogP contribution in [0.3, 0.4) is 0 Å². The van der Waals surface area contributed by atoms with E-state index in [2.05, 4.69) is 34.6 Å². The standard InChI is InChI=1S/C11H23Cl/c1-8(2)6-11(10(5)12)7-9(3)4/h8-11H,6-7H2,1-5H3. The molecule has 0 N–H and O–H groups in total. The number of halogens is 1. The number of hydrogen-bond acceptors (Lipinski definition) is 0. The van der Waals surface area contributed by atoms with Crippen LogP contribution in [0.5, 0.6) is 0 Å². The van der Waals surface area contributed by atoms with E-state index in [0.717, 1.165) is 11.8 Å². The van der Waals surface area contributed by atoms with Gasteiger partial charge in [-0.3, -0.25) is 0 Å². The summed E-state index contributed by atoms with van der Waals surface area (Å²) in [6.07, 6.45) is 2.53. The van der Waals surface area contributed by atoms with Crippen LogP contribution in [-0.4, -0.2) is 5.38 Å². The molecule has 0 aliphatic rings. The summed E-state index contributed by atoms with van der Waals surface area (Å²) in [4.78, 5) is 0. The highest BCUT2D eigenvalue weighted by Crippen LogP contribution is 2.26. The average Bonchev–Trinajstić information content (AvgIpc) is 1.83. The molecule has 0 fully saturated rings. The summed E-state index contributed by atoms with van der Waals surface area (Å²) < 4.78 is 0. The quantitative estimate of drug-likeness (QED) is 0.567. The highest BCUT2D eigenvalue weighted by atomic mass is 35.5. The van der Waals surface area contributed by atoms with Crippen LogP contribution in [-0.2, 0) is 0 Å². The Hall–Kier alpha value is 0.290. The van der Waals surface area contributed by atoms with Crippen molar-refractivity contribution in [1.82, 2.24) is 0 Å². The molecule has 0 nitrogen and oxygen atoms in total. The molecule has 0 radical (unpaired) electrons. The SMILES string of the molecule is CC(C)CC(CC(C)C)C(C)Cl. The summed E-state index contributed by atoms with van der Waals surface area (Å²) in [5.74, 6) is 2.25. The molecule has 0 aromatic rings. The van der Waals surface area contributed by atoms with Crippen molar-refractivity contribution >= 4 is 11.6 Å². The molecule has 74 valence electrons. The molecule has 0 heterocycles. The van der Waals surface area contributed by atoms with Gasteiger partial charge >= 0.3 is 0 Å². The molecule has 1 unspecified atom stereocenters. The van der Waals surface area contributed by atoms with Crippen molar-refractivity contribution in [2.75, 3.05) is 0 Å². The van der Waals surface area contributed by atoms with Gasteiger partial charge in [0.15, 0.2) is 0 Å². The van der Waals surface area contributed by atoms with Crippen molar-refractivity contribution in [3.63, 3.8) is 0 Å². The molecule has 0 aromatic carbocycles. The lowest BCUT2D eigenvalue weighted by Crippen LogP contribution is -2.16. The zero-order chi connectivity index (χ0) is 9.72. The van der Waals surface area contributed by atoms with Gasteiger partial charge in [-0.25, -0.2) is 0 Å². The van der Waals surface area contributed by atoms with E-state index in [0.29, 0.717) is 11.3 Å². The third kappa shape index (κ3) is 5.88. The molecule has 0 rings (SSSR count). The molecule has 1 heteroatoms. The van der Waals surface area contributed by atoms with Gasteiger partial charge in [0.05, 0.1) is 0 Å². The third-order valence-electron chi connectivity index (χ3n) is 2.20. The van der Waals surface area contributed by atoms with E-state index in [1.807, 2.05) is 0 Å². The lowest BCUT2D eigenvalue weighted by atomic mass is 9.87. The summed E-state index contributed by atoms with van der Waals surface area (Å²) in [7, 11) is 0. The van der Waals surface area contributed by atoms with Crippen molar-refractivity contribution in [2.45, 2.75) is 52.8 Å². The first-order valence-corrected chi connectivity index (χ1v) is 5.51. The van der Waals surface area contributed by atoms with Gasteiger partial charge in [0.25, 0.3) is 0 Å². The van der Waals surface area contributed by atoms with Crippen LogP contribution in [0, 0.1) is 17.8 Å². The first-order valence-electron chi connectivity index (χ1n) is 5.07. The Morgan fingerprint density at radius 1 is 0.833 bits per heavy atom. The Morgan fingerprint density at radius 2 is 1.17 bits per heavy atom. The Bertz CT molecular complexity index is 95.6. The van der Waals surface area contributed by atoms with Crippen LogP contribution in [0.2, 0.25) is 0 Å². The summed E-state index contributed by atoms with van der Waals surface area (Å²) in [6, 6.07) is 0. The van der Waals surface area contributed by atoms with Gasteiger partial charge in [-0.2, -0.15) is 0 Å². The second-order valence-corrected chi connectivity index (χ2v) is 5.39. The average molecular weight is 191 g/mol. The van der Waals surface area contributed by atoms with Crippen molar-refractivity contribution < 1.29 is 0 Å². The maximum Gasteiger partial charge on any atom is 0.0336 e. The fourth-order valence-corrected chi connectivity index (χ4v) is 1.89. The Labute approximate surface area is 82.7 Å². The van der Waals surface area contributed by atoms with E-state index in [9.17, 15) is 0 Å². The minimum Gasteiger partial charge on any atom is -0.123 e. The molecule has 0 saturated carbocycles. The van der Waals surface area contributed by atoms with Gasteiger partial charge in [0.1, 0.15) is 0 Å². The van der Waals surface area contributed by atoms with Crippen LogP contribution in [0.4, 0.5) is 0 Å². The number of hydrogen-bond donors (Lipinski definition) is 0. The molecule has 0 saturated heterocycles. The number of rotatable bonds is 5. The minimum atomic E-state index is 0.329. The first kappa shape index (κ1) is 12.3. The van der Waals surface area contributed by atoms with Gasteiger partial charge in [-0.1, -0.05) is 27.7 Å². The van der Waals surface area contributed by atoms with E-state index in [1.54, 1.807) is 0 Å². The van der Waals surface area contributed by atoms with Gasteiger partial charge in [0, 0.05) is 5.38 Å². The van der Waals surface area contributed by atoms with Crippen LogP contribution in [0.1, 0.15) is 47.5 Å². The van der Waals surface area contributed by atoms with Crippen molar-refractivity contribution in [3.05, 3.63) is 0 Å². The van der Waals surface area contributed by atoms with Crippen LogP contribution in [0.25, 0.3) is 0 Å². The first-order chi connectivity index (χ1) is 5.43. The normalized spacial score (nSPS) is 14.8. The minimum absolute atomic E-state index is 0.329. The molecule has 0 amide bonds. The van der Waals surface area contributed by atoms with Gasteiger partial charge in [0.2, 0.25) is 0 Å². The van der Waals surface area contributed by atoms with Crippen LogP contribution < -0.4 is 0 Å². The molecule has 0 spiro atoms. The molecular formula is C11H23Cl. The van der Waals surface area contributed by atoms with E-state index in [1.165, 1.54) is 12.8 Å². The monoisotopic (exact) mass is 190 g/mol. The topological polar surface area (TPSA) is 0 Å². The maximum absolute atomic E-state index is 6.13. The van der Waals surface area contributed by atoms with Gasteiger partial charge in [-0.15, -0.1) is 11.6 Å². The molecule has 0 aliphatic heterocycles. The second-order valence-electron chi connectivity index (χ2n) is 4.70. The maximum atomic E-state index is 6.13. The van der Waals surface area contributed by atoms with E-state index in [-0.39, 0.29) is 0 Å². The second kappa shape index (κ2) is 5.85. The van der Waals surface area contributed by atoms with E-state index < -0.39 is 0 Å². The largest absolute Gasteiger partial charge is 0.123 e. The molecule has 1 atom stereocenters. The smallest absolute Gasteiger partial charge is 0.0336 e. The predicted molar refractivity (Wildman–Crippen MR) is 57.7 cm³/mol. The highest BCUT2D eigenvalue weighted by molar-refractivity contribution is 6.20. The fraction of sp³-hybridized carbons (Fsp3) is 1.00. The summed E-state index contributed by atoms with van der Waals surface area (Å²) in [5, 5.41) is 0.329. The summed E-state index contributed by atoms with van der Waals surface area (Å²) >= 11 is 6.13.